The molecule has 0 saturated carbocycles. The number of carbonyl (C=O) groups excluding carboxylic acids is 1. The Balaban J connectivity index is 1.58. The summed E-state index contributed by atoms with van der Waals surface area (Å²) in [4.78, 5) is 29.4. The van der Waals surface area contributed by atoms with Crippen molar-refractivity contribution < 1.29 is 24.2 Å². The molecular weight excluding hydrogens is 552 g/mol. The van der Waals surface area contributed by atoms with Gasteiger partial charge in [-0.2, -0.15) is 0 Å². The SMILES string of the molecule is COc1ccc(C(C)(C)C)cc1CN[C@H]1[C@H](C(C)(C)C)[C@@H](C(=O)O)N(C(=O)[C@H]2CCc3ccccc3O2)[C@H]1c1ccccc1. The molecular formula is C37H46N2O5. The molecule has 1 saturated heterocycles. The number of ether oxygens (including phenoxy) is 2. The lowest BCUT2D eigenvalue weighted by Gasteiger charge is -2.36. The highest BCUT2D eigenvalue weighted by Crippen LogP contribution is 2.49. The van der Waals surface area contributed by atoms with Crippen LogP contribution in [0.2, 0.25) is 0 Å². The molecule has 234 valence electrons. The van der Waals surface area contributed by atoms with Crippen molar-refractivity contribution in [3.8, 4) is 11.5 Å². The Morgan fingerprint density at radius 2 is 1.66 bits per heavy atom. The molecule has 5 rings (SSSR count). The van der Waals surface area contributed by atoms with E-state index in [0.717, 1.165) is 22.4 Å². The minimum absolute atomic E-state index is 0.0505. The molecule has 2 aliphatic heterocycles. The molecule has 0 aliphatic carbocycles. The summed E-state index contributed by atoms with van der Waals surface area (Å²) in [6.07, 6.45) is 0.429. The van der Waals surface area contributed by atoms with Crippen molar-refractivity contribution in [2.75, 3.05) is 7.11 Å². The second kappa shape index (κ2) is 12.3. The Morgan fingerprint density at radius 1 is 0.977 bits per heavy atom. The number of benzene rings is 3. The molecule has 44 heavy (non-hydrogen) atoms. The van der Waals surface area contributed by atoms with E-state index in [1.54, 1.807) is 12.0 Å². The average Bonchev–Trinajstić information content (AvgIpc) is 3.35. The van der Waals surface area contributed by atoms with E-state index in [2.05, 4.69) is 59.0 Å². The van der Waals surface area contributed by atoms with Crippen molar-refractivity contribution >= 4 is 11.9 Å². The van der Waals surface area contributed by atoms with Crippen molar-refractivity contribution in [2.45, 2.75) is 90.6 Å². The first-order valence-corrected chi connectivity index (χ1v) is 15.6. The highest BCUT2D eigenvalue weighted by Gasteiger charge is 2.58. The molecule has 0 unspecified atom stereocenters. The third-order valence-electron chi connectivity index (χ3n) is 9.18. The summed E-state index contributed by atoms with van der Waals surface area (Å²) in [6, 6.07) is 21.9. The van der Waals surface area contributed by atoms with E-state index < -0.39 is 35.5 Å². The molecule has 2 N–H and O–H groups in total. The number of aryl methyl sites for hydroxylation is 1. The zero-order valence-electron chi connectivity index (χ0n) is 27.0. The van der Waals surface area contributed by atoms with Crippen molar-refractivity contribution in [3.63, 3.8) is 0 Å². The molecule has 0 bridgehead atoms. The fourth-order valence-electron chi connectivity index (χ4n) is 7.00. The summed E-state index contributed by atoms with van der Waals surface area (Å²) in [5.74, 6) is -0.239. The number of hydrogen-bond donors (Lipinski definition) is 2. The fraction of sp³-hybridized carbons (Fsp3) is 0.459. The molecule has 5 atom stereocenters. The number of carboxylic acids is 1. The van der Waals surface area contributed by atoms with Crippen LogP contribution in [-0.2, 0) is 28.0 Å². The Morgan fingerprint density at radius 3 is 2.30 bits per heavy atom. The van der Waals surface area contributed by atoms with Crippen LogP contribution >= 0.6 is 0 Å². The molecule has 3 aromatic rings. The first-order chi connectivity index (χ1) is 20.8. The number of nitrogens with one attached hydrogen (secondary N) is 1. The number of fused-ring (bicyclic) bond motifs is 1. The maximum Gasteiger partial charge on any atom is 0.326 e. The Bertz CT molecular complexity index is 1490. The van der Waals surface area contributed by atoms with Gasteiger partial charge in [0.2, 0.25) is 0 Å². The predicted molar refractivity (Wildman–Crippen MR) is 172 cm³/mol. The number of rotatable bonds is 7. The van der Waals surface area contributed by atoms with E-state index in [1.165, 1.54) is 5.56 Å². The molecule has 2 aliphatic rings. The van der Waals surface area contributed by atoms with Gasteiger partial charge in [0.25, 0.3) is 5.91 Å². The van der Waals surface area contributed by atoms with E-state index in [0.29, 0.717) is 25.1 Å². The molecule has 7 nitrogen and oxygen atoms in total. The van der Waals surface area contributed by atoms with E-state index in [4.69, 9.17) is 9.47 Å². The third-order valence-corrected chi connectivity index (χ3v) is 9.18. The molecule has 1 fully saturated rings. The molecule has 0 radical (unpaired) electrons. The topological polar surface area (TPSA) is 88.1 Å². The monoisotopic (exact) mass is 598 g/mol. The van der Waals surface area contributed by atoms with Gasteiger partial charge in [0.05, 0.1) is 13.2 Å². The second-order valence-electron chi connectivity index (χ2n) is 14.2. The lowest BCUT2D eigenvalue weighted by atomic mass is 9.72. The van der Waals surface area contributed by atoms with Crippen LogP contribution in [0.25, 0.3) is 0 Å². The van der Waals surface area contributed by atoms with Gasteiger partial charge >= 0.3 is 5.97 Å². The second-order valence-corrected chi connectivity index (χ2v) is 14.2. The van der Waals surface area contributed by atoms with E-state index in [-0.39, 0.29) is 17.4 Å². The van der Waals surface area contributed by atoms with Gasteiger partial charge in [0.15, 0.2) is 6.10 Å². The summed E-state index contributed by atoms with van der Waals surface area (Å²) < 4.78 is 12.0. The molecule has 0 spiro atoms. The van der Waals surface area contributed by atoms with Gasteiger partial charge in [-0.15, -0.1) is 0 Å². The standard InChI is InChI=1S/C37H46N2O5/c1-36(2,3)26-18-20-27(43-7)25(21-26)22-38-31-30(37(4,5)6)33(35(41)42)39(32(31)24-14-9-8-10-15-24)34(40)29-19-17-23-13-11-12-16-28(23)44-29/h8-16,18,20-21,29-33,38H,17,19,22H2,1-7H3,(H,41,42)/t29-,30+,31+,32+,33+/m1/s1. The van der Waals surface area contributed by atoms with Crippen LogP contribution in [0.1, 0.15) is 76.3 Å². The summed E-state index contributed by atoms with van der Waals surface area (Å²) in [5.41, 5.74) is 3.63. The molecule has 3 aromatic carbocycles. The zero-order valence-corrected chi connectivity index (χ0v) is 27.0. The Kier molecular flexibility index (Phi) is 8.81. The van der Waals surface area contributed by atoms with Gasteiger partial charge in [-0.25, -0.2) is 4.79 Å². The number of aliphatic carboxylic acids is 1. The summed E-state index contributed by atoms with van der Waals surface area (Å²) >= 11 is 0. The van der Waals surface area contributed by atoms with E-state index in [9.17, 15) is 14.7 Å². The highest BCUT2D eigenvalue weighted by atomic mass is 16.5. The van der Waals surface area contributed by atoms with Crippen LogP contribution in [0.15, 0.2) is 72.8 Å². The normalized spacial score (nSPS) is 23.5. The summed E-state index contributed by atoms with van der Waals surface area (Å²) in [6.45, 7) is 13.2. The smallest absolute Gasteiger partial charge is 0.326 e. The quantitative estimate of drug-likeness (QED) is 0.321. The van der Waals surface area contributed by atoms with Gasteiger partial charge in [0, 0.05) is 24.1 Å². The number of carboxylic acid groups (broad SMARTS) is 1. The number of para-hydroxylation sites is 1. The number of carbonyl (C=O) groups is 2. The van der Waals surface area contributed by atoms with Crippen LogP contribution in [0.5, 0.6) is 11.5 Å². The van der Waals surface area contributed by atoms with Crippen LogP contribution < -0.4 is 14.8 Å². The zero-order chi connectivity index (χ0) is 31.8. The fourth-order valence-corrected chi connectivity index (χ4v) is 7.00. The minimum atomic E-state index is -1.05. The lowest BCUT2D eigenvalue weighted by Crippen LogP contribution is -2.51. The number of amides is 1. The van der Waals surface area contributed by atoms with Crippen molar-refractivity contribution in [2.24, 2.45) is 11.3 Å². The van der Waals surface area contributed by atoms with Gasteiger partial charge in [-0.05, 0) is 52.5 Å². The maximum atomic E-state index is 14.5. The molecule has 0 aromatic heterocycles. The lowest BCUT2D eigenvalue weighted by molar-refractivity contribution is -0.155. The van der Waals surface area contributed by atoms with Gasteiger partial charge in [-0.1, -0.05) is 102 Å². The Labute approximate surface area is 261 Å². The highest BCUT2D eigenvalue weighted by molar-refractivity contribution is 5.88. The van der Waals surface area contributed by atoms with Crippen LogP contribution in [-0.4, -0.2) is 47.2 Å². The third kappa shape index (κ3) is 6.20. The number of methoxy groups -OCH3 is 1. The van der Waals surface area contributed by atoms with Gasteiger partial charge in [0.1, 0.15) is 17.5 Å². The largest absolute Gasteiger partial charge is 0.496 e. The predicted octanol–water partition coefficient (Wildman–Crippen LogP) is 6.54. The van der Waals surface area contributed by atoms with Crippen LogP contribution in [0.3, 0.4) is 0 Å². The maximum absolute atomic E-state index is 14.5. The van der Waals surface area contributed by atoms with E-state index >= 15 is 0 Å². The number of likely N-dealkylation sites (tertiary alicyclic amines) is 1. The van der Waals surface area contributed by atoms with Gasteiger partial charge in [-0.3, -0.25) is 4.79 Å². The van der Waals surface area contributed by atoms with E-state index in [1.807, 2.05) is 60.7 Å². The van der Waals surface area contributed by atoms with Crippen molar-refractivity contribution in [3.05, 3.63) is 95.1 Å². The summed E-state index contributed by atoms with van der Waals surface area (Å²) in [5, 5.41) is 14.6. The first-order valence-electron chi connectivity index (χ1n) is 15.6. The average molecular weight is 599 g/mol. The molecule has 1 amide bonds. The summed E-state index contributed by atoms with van der Waals surface area (Å²) in [7, 11) is 1.67. The first kappa shape index (κ1) is 31.6. The van der Waals surface area contributed by atoms with Crippen LogP contribution in [0, 0.1) is 11.3 Å². The Hall–Kier alpha value is -3.84. The molecule has 7 heteroatoms. The minimum Gasteiger partial charge on any atom is -0.496 e. The van der Waals surface area contributed by atoms with Crippen molar-refractivity contribution in [1.82, 2.24) is 10.2 Å². The molecule has 2 heterocycles. The van der Waals surface area contributed by atoms with Gasteiger partial charge < -0.3 is 24.8 Å². The van der Waals surface area contributed by atoms with Crippen molar-refractivity contribution in [1.29, 1.82) is 0 Å². The van der Waals surface area contributed by atoms with Crippen LogP contribution in [0.4, 0.5) is 0 Å². The number of nitrogens with zero attached hydrogens (tertiary/aromatic N) is 1. The number of hydrogen-bond acceptors (Lipinski definition) is 5.